The molecule has 1 aromatic rings. The zero-order chi connectivity index (χ0) is 19.9. The molecule has 1 aromatic carbocycles. The molecule has 0 N–H and O–H groups in total. The van der Waals surface area contributed by atoms with Gasteiger partial charge >= 0.3 is 174 Å². The Bertz CT molecular complexity index is 729. The molecular weight excluding hydrogens is 417 g/mol. The molecule has 4 rings (SSSR count). The summed E-state index contributed by atoms with van der Waals surface area (Å²) in [6.07, 6.45) is 5.96. The zero-order valence-corrected chi connectivity index (χ0v) is 18.8. The summed E-state index contributed by atoms with van der Waals surface area (Å²) in [6, 6.07) is 10.7. The second-order valence-corrected chi connectivity index (χ2v) is 12.1. The van der Waals surface area contributed by atoms with Crippen LogP contribution in [0.2, 0.25) is 4.82 Å². The second kappa shape index (κ2) is 7.84. The minimum absolute atomic E-state index is 0.00403. The molecule has 0 radical (unpaired) electrons. The number of ketones is 1. The molecule has 2 bridgehead atoms. The molecule has 2 saturated heterocycles. The molecular formula is C23H31NO3Se. The molecule has 2 unspecified atom stereocenters. The third-order valence-electron chi connectivity index (χ3n) is 6.41. The van der Waals surface area contributed by atoms with E-state index in [-0.39, 0.29) is 43.9 Å². The molecule has 2 heterocycles. The summed E-state index contributed by atoms with van der Waals surface area (Å²) in [7, 11) is 0. The quantitative estimate of drug-likeness (QED) is 0.644. The van der Waals surface area contributed by atoms with Crippen molar-refractivity contribution in [3.63, 3.8) is 0 Å². The number of ether oxygens (including phenoxy) is 1. The van der Waals surface area contributed by atoms with Crippen molar-refractivity contribution in [2.45, 2.75) is 81.8 Å². The molecule has 3 aliphatic rings. The number of carbonyl (C=O) groups excluding carboxylic acids is 2. The van der Waals surface area contributed by atoms with Gasteiger partial charge in [-0.2, -0.15) is 0 Å². The predicted octanol–water partition coefficient (Wildman–Crippen LogP) is 3.96. The summed E-state index contributed by atoms with van der Waals surface area (Å²) in [5.74, 6) is 0.862. The maximum absolute atomic E-state index is 13.6. The van der Waals surface area contributed by atoms with E-state index in [4.69, 9.17) is 4.74 Å². The average Bonchev–Trinajstić information content (AvgIpc) is 2.96. The van der Waals surface area contributed by atoms with Crippen molar-refractivity contribution < 1.29 is 14.3 Å². The van der Waals surface area contributed by atoms with Gasteiger partial charge in [0.25, 0.3) is 0 Å². The van der Waals surface area contributed by atoms with Gasteiger partial charge in [-0.25, -0.2) is 0 Å². The van der Waals surface area contributed by atoms with Gasteiger partial charge in [0.15, 0.2) is 0 Å². The summed E-state index contributed by atoms with van der Waals surface area (Å²) < 4.78 is 7.03. The van der Waals surface area contributed by atoms with Crippen molar-refractivity contribution in [3.8, 4) is 0 Å². The summed E-state index contributed by atoms with van der Waals surface area (Å²) in [5.41, 5.74) is -0.502. The Hall–Kier alpha value is -1.32. The van der Waals surface area contributed by atoms with Crippen LogP contribution in [-0.2, 0) is 9.53 Å². The summed E-state index contributed by atoms with van der Waals surface area (Å²) in [5, 5.41) is 0. The first-order chi connectivity index (χ1) is 13.3. The number of hydrogen-bond acceptors (Lipinski definition) is 3. The van der Waals surface area contributed by atoms with E-state index >= 15 is 0 Å². The van der Waals surface area contributed by atoms with Gasteiger partial charge in [-0.05, 0) is 0 Å². The van der Waals surface area contributed by atoms with Crippen LogP contribution < -0.4 is 4.46 Å². The fraction of sp³-hybridized carbons (Fsp3) is 0.652. The predicted molar refractivity (Wildman–Crippen MR) is 111 cm³/mol. The topological polar surface area (TPSA) is 46.6 Å². The Morgan fingerprint density at radius 1 is 1.04 bits per heavy atom. The van der Waals surface area contributed by atoms with Crippen molar-refractivity contribution in [1.29, 1.82) is 0 Å². The van der Waals surface area contributed by atoms with E-state index in [1.54, 1.807) is 0 Å². The van der Waals surface area contributed by atoms with E-state index in [9.17, 15) is 9.59 Å². The van der Waals surface area contributed by atoms with E-state index < -0.39 is 5.60 Å². The van der Waals surface area contributed by atoms with Crippen LogP contribution in [0.15, 0.2) is 30.3 Å². The Kier molecular flexibility index (Phi) is 5.59. The molecule has 2 aliphatic heterocycles. The Morgan fingerprint density at radius 2 is 1.71 bits per heavy atom. The van der Waals surface area contributed by atoms with Crippen LogP contribution in [0.3, 0.4) is 0 Å². The van der Waals surface area contributed by atoms with E-state index in [1.807, 2.05) is 31.7 Å². The molecule has 1 aliphatic carbocycles. The van der Waals surface area contributed by atoms with Gasteiger partial charge in [0, 0.05) is 0 Å². The van der Waals surface area contributed by atoms with Gasteiger partial charge in [0.2, 0.25) is 0 Å². The van der Waals surface area contributed by atoms with Crippen LogP contribution in [-0.4, -0.2) is 49.4 Å². The van der Waals surface area contributed by atoms with Crippen LogP contribution in [0.1, 0.15) is 59.3 Å². The molecule has 1 saturated carbocycles. The molecule has 5 atom stereocenters. The monoisotopic (exact) mass is 449 g/mol. The first kappa shape index (κ1) is 20.0. The van der Waals surface area contributed by atoms with Gasteiger partial charge in [0.05, 0.1) is 0 Å². The van der Waals surface area contributed by atoms with Crippen molar-refractivity contribution in [2.24, 2.45) is 11.8 Å². The minimum atomic E-state index is -0.502. The van der Waals surface area contributed by atoms with Gasteiger partial charge in [-0.3, -0.25) is 0 Å². The number of benzene rings is 1. The van der Waals surface area contributed by atoms with Crippen molar-refractivity contribution in [3.05, 3.63) is 30.3 Å². The average molecular weight is 448 g/mol. The first-order valence-corrected chi connectivity index (χ1v) is 12.4. The van der Waals surface area contributed by atoms with Crippen molar-refractivity contribution in [2.75, 3.05) is 0 Å². The molecule has 3 fully saturated rings. The number of amides is 1. The molecule has 152 valence electrons. The fourth-order valence-corrected chi connectivity index (χ4v) is 7.75. The molecule has 1 amide bonds. The van der Waals surface area contributed by atoms with Crippen LogP contribution >= 0.6 is 0 Å². The van der Waals surface area contributed by atoms with Gasteiger partial charge < -0.3 is 0 Å². The number of Topliss-reactive ketones (excluding diaryl/α,β-unsaturated/α-hetero) is 1. The number of carbonyl (C=O) groups is 2. The number of fused-ring (bicyclic) bond motifs is 4. The standard InChI is InChI=1S/C23H31NO3Se/c1-23(2,3)27-22(26)24-16-11-9-15-10-14-19(28-17-7-5-4-6-8-17)21(25)20(15)18(24)13-12-16/h4-8,15-16,18-20H,9-14H2,1-3H3/t15-,16-,18-,19?,20?/m1/s1. The molecule has 5 heteroatoms. The number of rotatable bonds is 2. The summed E-state index contributed by atoms with van der Waals surface area (Å²) >= 11 is 0.171. The second-order valence-electron chi connectivity index (χ2n) is 9.45. The van der Waals surface area contributed by atoms with Crippen LogP contribution in [0.5, 0.6) is 0 Å². The van der Waals surface area contributed by atoms with E-state index in [2.05, 4.69) is 24.3 Å². The maximum atomic E-state index is 13.6. The van der Waals surface area contributed by atoms with Gasteiger partial charge in [-0.1, -0.05) is 0 Å². The number of hydrogen-bond donors (Lipinski definition) is 0. The van der Waals surface area contributed by atoms with Gasteiger partial charge in [-0.15, -0.1) is 0 Å². The molecule has 0 spiro atoms. The third-order valence-corrected chi connectivity index (χ3v) is 9.13. The summed E-state index contributed by atoms with van der Waals surface area (Å²) in [4.78, 5) is 28.7. The Balaban J connectivity index is 1.55. The number of nitrogens with zero attached hydrogens (tertiary/aromatic N) is 1. The van der Waals surface area contributed by atoms with Crippen LogP contribution in [0.4, 0.5) is 4.79 Å². The normalized spacial score (nSPS) is 32.6. The van der Waals surface area contributed by atoms with E-state index in [0.29, 0.717) is 11.7 Å². The van der Waals surface area contributed by atoms with Crippen LogP contribution in [0, 0.1) is 11.8 Å². The van der Waals surface area contributed by atoms with Gasteiger partial charge in [0.1, 0.15) is 0 Å². The fourth-order valence-electron chi connectivity index (χ4n) is 5.30. The molecule has 4 nitrogen and oxygen atoms in total. The summed E-state index contributed by atoms with van der Waals surface area (Å²) in [6.45, 7) is 5.74. The third kappa shape index (κ3) is 4.02. The molecule has 0 aromatic heterocycles. The zero-order valence-electron chi connectivity index (χ0n) is 17.1. The Morgan fingerprint density at radius 3 is 2.43 bits per heavy atom. The van der Waals surface area contributed by atoms with Crippen molar-refractivity contribution in [1.82, 2.24) is 4.90 Å². The first-order valence-electron chi connectivity index (χ1n) is 10.6. The molecule has 28 heavy (non-hydrogen) atoms. The Labute approximate surface area is 174 Å². The van der Waals surface area contributed by atoms with E-state index in [1.165, 1.54) is 4.46 Å². The SMILES string of the molecule is CC(C)(C)OC(=O)N1[C@@H]2CC[C@@H]3CCC([Se]c4ccccc4)C(=O)C3[C@H]1CC2. The van der Waals surface area contributed by atoms with Crippen molar-refractivity contribution >= 4 is 31.3 Å². The van der Waals surface area contributed by atoms with E-state index in [0.717, 1.165) is 38.5 Å². The van der Waals surface area contributed by atoms with Crippen LogP contribution in [0.25, 0.3) is 0 Å².